The summed E-state index contributed by atoms with van der Waals surface area (Å²) in [5, 5.41) is 4.32. The van der Waals surface area contributed by atoms with Gasteiger partial charge < -0.3 is 14.5 Å². The highest BCUT2D eigenvalue weighted by molar-refractivity contribution is 7.91. The molecular weight excluding hydrogens is 290 g/mol. The molecule has 2 atom stereocenters. The SMILES string of the molecule is COc1cccc2cc(C(C)NC3CCS(=O)(=O)C3)oc12. The summed E-state index contributed by atoms with van der Waals surface area (Å²) in [5.74, 6) is 1.97. The summed E-state index contributed by atoms with van der Waals surface area (Å²) in [4.78, 5) is 0. The number of hydrogen-bond donors (Lipinski definition) is 1. The number of methoxy groups -OCH3 is 1. The Balaban J connectivity index is 1.80. The fraction of sp³-hybridized carbons (Fsp3) is 0.467. The van der Waals surface area contributed by atoms with Crippen molar-refractivity contribution in [3.05, 3.63) is 30.0 Å². The molecule has 2 unspecified atom stereocenters. The van der Waals surface area contributed by atoms with E-state index in [4.69, 9.17) is 9.15 Å². The average Bonchev–Trinajstić information content (AvgIpc) is 3.01. The van der Waals surface area contributed by atoms with E-state index in [0.717, 1.165) is 16.7 Å². The number of ether oxygens (including phenoxy) is 1. The van der Waals surface area contributed by atoms with Crippen LogP contribution < -0.4 is 10.1 Å². The van der Waals surface area contributed by atoms with Gasteiger partial charge in [-0.1, -0.05) is 12.1 Å². The first-order valence-electron chi connectivity index (χ1n) is 7.01. The van der Waals surface area contributed by atoms with Crippen LogP contribution in [0.25, 0.3) is 11.0 Å². The maximum atomic E-state index is 11.5. The summed E-state index contributed by atoms with van der Waals surface area (Å²) in [6.07, 6.45) is 0.663. The highest BCUT2D eigenvalue weighted by Crippen LogP contribution is 2.31. The number of furan rings is 1. The molecule has 1 saturated heterocycles. The van der Waals surface area contributed by atoms with Gasteiger partial charge in [0.15, 0.2) is 21.2 Å². The van der Waals surface area contributed by atoms with Gasteiger partial charge in [-0.25, -0.2) is 8.42 Å². The summed E-state index contributed by atoms with van der Waals surface area (Å²) in [7, 11) is -1.26. The van der Waals surface area contributed by atoms with Gasteiger partial charge in [0, 0.05) is 11.4 Å². The molecule has 114 valence electrons. The van der Waals surface area contributed by atoms with Gasteiger partial charge in [-0.3, -0.25) is 0 Å². The monoisotopic (exact) mass is 309 g/mol. The molecule has 21 heavy (non-hydrogen) atoms. The molecule has 1 aliphatic rings. The van der Waals surface area contributed by atoms with E-state index < -0.39 is 9.84 Å². The number of hydrogen-bond acceptors (Lipinski definition) is 5. The maximum Gasteiger partial charge on any atom is 0.176 e. The van der Waals surface area contributed by atoms with Crippen molar-refractivity contribution in [1.82, 2.24) is 5.32 Å². The third-order valence-corrected chi connectivity index (χ3v) is 5.66. The van der Waals surface area contributed by atoms with Crippen molar-refractivity contribution >= 4 is 20.8 Å². The predicted molar refractivity (Wildman–Crippen MR) is 81.4 cm³/mol. The lowest BCUT2D eigenvalue weighted by molar-refractivity contribution is 0.391. The smallest absolute Gasteiger partial charge is 0.176 e. The molecule has 1 fully saturated rings. The molecule has 1 aliphatic heterocycles. The van der Waals surface area contributed by atoms with Crippen LogP contribution in [-0.2, 0) is 9.84 Å². The topological polar surface area (TPSA) is 68.5 Å². The third-order valence-electron chi connectivity index (χ3n) is 3.89. The molecule has 1 N–H and O–H groups in total. The van der Waals surface area contributed by atoms with Crippen molar-refractivity contribution in [3.8, 4) is 5.75 Å². The zero-order valence-corrected chi connectivity index (χ0v) is 12.9. The fourth-order valence-corrected chi connectivity index (χ4v) is 4.48. The molecule has 2 heterocycles. The minimum atomic E-state index is -2.87. The second-order valence-electron chi connectivity index (χ2n) is 5.52. The molecule has 1 aromatic heterocycles. The van der Waals surface area contributed by atoms with E-state index in [9.17, 15) is 8.42 Å². The van der Waals surface area contributed by atoms with Gasteiger partial charge in [0.1, 0.15) is 5.76 Å². The van der Waals surface area contributed by atoms with Crippen LogP contribution in [0.15, 0.2) is 28.7 Å². The number of sulfone groups is 1. The van der Waals surface area contributed by atoms with Gasteiger partial charge in [0.05, 0.1) is 24.7 Å². The first kappa shape index (κ1) is 14.4. The minimum absolute atomic E-state index is 0.0000998. The molecule has 0 radical (unpaired) electrons. The lowest BCUT2D eigenvalue weighted by atomic mass is 10.1. The summed E-state index contributed by atoms with van der Waals surface area (Å²) >= 11 is 0. The van der Waals surface area contributed by atoms with E-state index >= 15 is 0 Å². The second-order valence-corrected chi connectivity index (χ2v) is 7.74. The molecule has 0 aliphatic carbocycles. The minimum Gasteiger partial charge on any atom is -0.493 e. The van der Waals surface area contributed by atoms with Crippen LogP contribution in [0.3, 0.4) is 0 Å². The third kappa shape index (κ3) is 2.91. The van der Waals surface area contributed by atoms with Crippen molar-refractivity contribution in [2.45, 2.75) is 25.4 Å². The van der Waals surface area contributed by atoms with Crippen molar-refractivity contribution in [3.63, 3.8) is 0 Å². The summed E-state index contributed by atoms with van der Waals surface area (Å²) in [6.45, 7) is 1.98. The number of para-hydroxylation sites is 1. The Hall–Kier alpha value is -1.53. The summed E-state index contributed by atoms with van der Waals surface area (Å²) in [6, 6.07) is 7.68. The molecule has 3 rings (SSSR count). The average molecular weight is 309 g/mol. The highest BCUT2D eigenvalue weighted by Gasteiger charge is 2.29. The van der Waals surface area contributed by atoms with Gasteiger partial charge >= 0.3 is 0 Å². The Bertz CT molecular complexity index is 750. The van der Waals surface area contributed by atoms with Crippen LogP contribution in [0.4, 0.5) is 0 Å². The molecule has 5 nitrogen and oxygen atoms in total. The van der Waals surface area contributed by atoms with Crippen LogP contribution in [0.5, 0.6) is 5.75 Å². The zero-order valence-electron chi connectivity index (χ0n) is 12.1. The Morgan fingerprint density at radius 1 is 1.43 bits per heavy atom. The molecular formula is C15H19NO4S. The van der Waals surface area contributed by atoms with Crippen LogP contribution in [0, 0.1) is 0 Å². The molecule has 0 amide bonds. The summed E-state index contributed by atoms with van der Waals surface area (Å²) < 4.78 is 34.2. The van der Waals surface area contributed by atoms with E-state index in [2.05, 4.69) is 5.32 Å². The Morgan fingerprint density at radius 3 is 2.90 bits per heavy atom. The van der Waals surface area contributed by atoms with Crippen LogP contribution >= 0.6 is 0 Å². The van der Waals surface area contributed by atoms with Crippen molar-refractivity contribution in [2.75, 3.05) is 18.6 Å². The van der Waals surface area contributed by atoms with Gasteiger partial charge in [0.2, 0.25) is 0 Å². The molecule has 0 bridgehead atoms. The first-order chi connectivity index (χ1) is 9.98. The quantitative estimate of drug-likeness (QED) is 0.938. The van der Waals surface area contributed by atoms with Crippen LogP contribution in [0.2, 0.25) is 0 Å². The molecule has 1 aromatic carbocycles. The normalized spacial score (nSPS) is 22.5. The fourth-order valence-electron chi connectivity index (χ4n) is 2.79. The maximum absolute atomic E-state index is 11.5. The predicted octanol–water partition coefficient (Wildman–Crippen LogP) is 2.28. The lowest BCUT2D eigenvalue weighted by Gasteiger charge is -2.16. The summed E-state index contributed by atoms with van der Waals surface area (Å²) in [5.41, 5.74) is 0.725. The standard InChI is InChI=1S/C15H19NO4S/c1-10(16-12-6-7-21(17,18)9-12)14-8-11-4-3-5-13(19-2)15(11)20-14/h3-5,8,10,12,16H,6-7,9H2,1-2H3. The Labute approximate surface area is 124 Å². The van der Waals surface area contributed by atoms with E-state index in [1.54, 1.807) is 7.11 Å². The highest BCUT2D eigenvalue weighted by atomic mass is 32.2. The molecule has 0 saturated carbocycles. The zero-order chi connectivity index (χ0) is 15.0. The number of benzene rings is 1. The number of nitrogens with one attached hydrogen (secondary N) is 1. The van der Waals surface area contributed by atoms with Crippen LogP contribution in [-0.4, -0.2) is 33.1 Å². The van der Waals surface area contributed by atoms with E-state index in [-0.39, 0.29) is 23.6 Å². The number of rotatable bonds is 4. The largest absolute Gasteiger partial charge is 0.493 e. The van der Waals surface area contributed by atoms with Crippen molar-refractivity contribution in [2.24, 2.45) is 0 Å². The van der Waals surface area contributed by atoms with Crippen molar-refractivity contribution in [1.29, 1.82) is 0 Å². The Morgan fingerprint density at radius 2 is 2.24 bits per heavy atom. The molecule has 2 aromatic rings. The van der Waals surface area contributed by atoms with Gasteiger partial charge in [0.25, 0.3) is 0 Å². The van der Waals surface area contributed by atoms with Crippen LogP contribution in [0.1, 0.15) is 25.1 Å². The molecule has 6 heteroatoms. The van der Waals surface area contributed by atoms with Gasteiger partial charge in [-0.2, -0.15) is 0 Å². The number of fused-ring (bicyclic) bond motifs is 1. The second kappa shape index (κ2) is 5.35. The van der Waals surface area contributed by atoms with Crippen molar-refractivity contribution < 1.29 is 17.6 Å². The van der Waals surface area contributed by atoms with E-state index in [1.165, 1.54) is 0 Å². The molecule has 0 spiro atoms. The Kier molecular flexibility index (Phi) is 3.67. The lowest BCUT2D eigenvalue weighted by Crippen LogP contribution is -2.32. The van der Waals surface area contributed by atoms with E-state index in [0.29, 0.717) is 12.2 Å². The van der Waals surface area contributed by atoms with Gasteiger partial charge in [-0.05, 0) is 25.5 Å². The van der Waals surface area contributed by atoms with E-state index in [1.807, 2.05) is 31.2 Å². The first-order valence-corrected chi connectivity index (χ1v) is 8.83. The van der Waals surface area contributed by atoms with Gasteiger partial charge in [-0.15, -0.1) is 0 Å².